The van der Waals surface area contributed by atoms with E-state index < -0.39 is 0 Å². The van der Waals surface area contributed by atoms with Crippen LogP contribution in [0.15, 0.2) is 48.5 Å². The summed E-state index contributed by atoms with van der Waals surface area (Å²) in [4.78, 5) is 38.0. The molecule has 4 amide bonds. The predicted molar refractivity (Wildman–Crippen MR) is 104 cm³/mol. The highest BCUT2D eigenvalue weighted by molar-refractivity contribution is 6.22. The largest absolute Gasteiger partial charge is 0.338 e. The predicted octanol–water partition coefficient (Wildman–Crippen LogP) is 3.45. The standard InChI is InChI=1S/C21H23N3O3/c1-14(2)24-19(25)17-11-10-16(13-18(17)20(24)26)23-21(27)22-12-6-9-15-7-4-3-5-8-15/h3-5,7-8,10-11,13-14H,6,9,12H2,1-2H3,(H2,22,23,27). The van der Waals surface area contributed by atoms with Crippen LogP contribution in [0.1, 0.15) is 46.5 Å². The Bertz CT molecular complexity index is 862. The number of urea groups is 1. The number of nitrogens with zero attached hydrogens (tertiary/aromatic N) is 1. The van der Waals surface area contributed by atoms with E-state index in [0.717, 1.165) is 12.8 Å². The molecule has 1 aliphatic rings. The number of carbonyl (C=O) groups excluding carboxylic acids is 3. The van der Waals surface area contributed by atoms with Crippen molar-refractivity contribution in [3.8, 4) is 0 Å². The van der Waals surface area contributed by atoms with Gasteiger partial charge in [0.2, 0.25) is 0 Å². The van der Waals surface area contributed by atoms with Crippen LogP contribution in [0.25, 0.3) is 0 Å². The van der Waals surface area contributed by atoms with Gasteiger partial charge in [-0.3, -0.25) is 14.5 Å². The molecular weight excluding hydrogens is 342 g/mol. The average Bonchev–Trinajstić information content (AvgIpc) is 2.90. The Morgan fingerprint density at radius 3 is 2.41 bits per heavy atom. The van der Waals surface area contributed by atoms with Crippen LogP contribution < -0.4 is 10.6 Å². The summed E-state index contributed by atoms with van der Waals surface area (Å²) in [5.74, 6) is -0.612. The molecule has 2 aromatic rings. The van der Waals surface area contributed by atoms with Crippen LogP contribution in [-0.2, 0) is 6.42 Å². The van der Waals surface area contributed by atoms with Gasteiger partial charge in [-0.2, -0.15) is 0 Å². The molecule has 27 heavy (non-hydrogen) atoms. The van der Waals surface area contributed by atoms with E-state index >= 15 is 0 Å². The number of anilines is 1. The number of amides is 4. The van der Waals surface area contributed by atoms with E-state index in [1.807, 2.05) is 18.2 Å². The maximum Gasteiger partial charge on any atom is 0.319 e. The molecule has 3 rings (SSSR count). The number of imide groups is 1. The third-order valence-electron chi connectivity index (χ3n) is 4.46. The summed E-state index contributed by atoms with van der Waals surface area (Å²) in [6, 6.07) is 14.3. The number of hydrogen-bond donors (Lipinski definition) is 2. The fourth-order valence-electron chi connectivity index (χ4n) is 3.12. The Morgan fingerprint density at radius 1 is 1.00 bits per heavy atom. The van der Waals surface area contributed by atoms with E-state index in [1.54, 1.807) is 32.0 Å². The summed E-state index contributed by atoms with van der Waals surface area (Å²) in [6.07, 6.45) is 1.72. The number of fused-ring (bicyclic) bond motifs is 1. The molecule has 0 aromatic heterocycles. The molecule has 2 aromatic carbocycles. The molecule has 6 nitrogen and oxygen atoms in total. The van der Waals surface area contributed by atoms with Gasteiger partial charge >= 0.3 is 6.03 Å². The van der Waals surface area contributed by atoms with E-state index in [2.05, 4.69) is 22.8 Å². The maximum absolute atomic E-state index is 12.4. The first-order valence-electron chi connectivity index (χ1n) is 9.08. The number of rotatable bonds is 6. The summed E-state index contributed by atoms with van der Waals surface area (Å²) >= 11 is 0. The first-order chi connectivity index (χ1) is 13.0. The zero-order valence-electron chi connectivity index (χ0n) is 15.5. The van der Waals surface area contributed by atoms with Crippen molar-refractivity contribution >= 4 is 23.5 Å². The number of aryl methyl sites for hydroxylation is 1. The van der Waals surface area contributed by atoms with Gasteiger partial charge in [-0.15, -0.1) is 0 Å². The van der Waals surface area contributed by atoms with Gasteiger partial charge in [0, 0.05) is 18.3 Å². The van der Waals surface area contributed by atoms with Crippen LogP contribution in [-0.4, -0.2) is 35.3 Å². The third kappa shape index (κ3) is 4.16. The molecule has 0 fully saturated rings. The van der Waals surface area contributed by atoms with Crippen molar-refractivity contribution in [3.63, 3.8) is 0 Å². The SMILES string of the molecule is CC(C)N1C(=O)c2ccc(NC(=O)NCCCc3ccccc3)cc2C1=O. The Balaban J connectivity index is 1.54. The smallest absolute Gasteiger partial charge is 0.319 e. The first-order valence-corrected chi connectivity index (χ1v) is 9.08. The monoisotopic (exact) mass is 365 g/mol. The molecule has 1 aliphatic heterocycles. The van der Waals surface area contributed by atoms with Gasteiger partial charge in [0.25, 0.3) is 11.8 Å². The van der Waals surface area contributed by atoms with Crippen LogP contribution in [0.3, 0.4) is 0 Å². The maximum atomic E-state index is 12.4. The van der Waals surface area contributed by atoms with Gasteiger partial charge in [0.05, 0.1) is 11.1 Å². The zero-order chi connectivity index (χ0) is 19.4. The fourth-order valence-corrected chi connectivity index (χ4v) is 3.12. The van der Waals surface area contributed by atoms with Crippen LogP contribution in [0.4, 0.5) is 10.5 Å². The lowest BCUT2D eigenvalue weighted by molar-refractivity contribution is 0.0609. The van der Waals surface area contributed by atoms with E-state index in [9.17, 15) is 14.4 Å². The van der Waals surface area contributed by atoms with Crippen LogP contribution in [0.2, 0.25) is 0 Å². The normalized spacial score (nSPS) is 13.1. The van der Waals surface area contributed by atoms with E-state index in [1.165, 1.54) is 10.5 Å². The van der Waals surface area contributed by atoms with Gasteiger partial charge < -0.3 is 10.6 Å². The summed E-state index contributed by atoms with van der Waals surface area (Å²) in [7, 11) is 0. The van der Waals surface area contributed by atoms with Gasteiger partial charge in [0.15, 0.2) is 0 Å². The minimum Gasteiger partial charge on any atom is -0.338 e. The number of carbonyl (C=O) groups is 3. The molecule has 0 aliphatic carbocycles. The first kappa shape index (κ1) is 18.6. The Morgan fingerprint density at radius 2 is 1.70 bits per heavy atom. The zero-order valence-corrected chi connectivity index (χ0v) is 15.5. The van der Waals surface area contributed by atoms with Gasteiger partial charge in [-0.25, -0.2) is 4.79 Å². The highest BCUT2D eigenvalue weighted by Crippen LogP contribution is 2.27. The second kappa shape index (κ2) is 8.03. The summed E-state index contributed by atoms with van der Waals surface area (Å²) < 4.78 is 0. The minimum absolute atomic E-state index is 0.207. The summed E-state index contributed by atoms with van der Waals surface area (Å²) in [6.45, 7) is 4.14. The topological polar surface area (TPSA) is 78.5 Å². The summed E-state index contributed by atoms with van der Waals surface area (Å²) in [5.41, 5.74) is 2.43. The van der Waals surface area contributed by atoms with Crippen molar-refractivity contribution in [2.24, 2.45) is 0 Å². The van der Waals surface area contributed by atoms with Crippen molar-refractivity contribution in [1.29, 1.82) is 0 Å². The molecule has 140 valence electrons. The van der Waals surface area contributed by atoms with Crippen molar-refractivity contribution in [2.45, 2.75) is 32.7 Å². The molecular formula is C21H23N3O3. The Hall–Kier alpha value is -3.15. The summed E-state index contributed by atoms with van der Waals surface area (Å²) in [5, 5.41) is 5.52. The molecule has 0 saturated heterocycles. The highest BCUT2D eigenvalue weighted by Gasteiger charge is 2.37. The van der Waals surface area contributed by atoms with Crippen LogP contribution in [0, 0.1) is 0 Å². The Labute approximate surface area is 158 Å². The van der Waals surface area contributed by atoms with Gasteiger partial charge in [-0.05, 0) is 50.5 Å². The number of benzene rings is 2. The van der Waals surface area contributed by atoms with Crippen molar-refractivity contribution < 1.29 is 14.4 Å². The average molecular weight is 365 g/mol. The third-order valence-corrected chi connectivity index (χ3v) is 4.46. The fraction of sp³-hybridized carbons (Fsp3) is 0.286. The number of hydrogen-bond acceptors (Lipinski definition) is 3. The Kier molecular flexibility index (Phi) is 5.54. The second-order valence-corrected chi connectivity index (χ2v) is 6.80. The molecule has 2 N–H and O–H groups in total. The van der Waals surface area contributed by atoms with Crippen LogP contribution in [0.5, 0.6) is 0 Å². The molecule has 0 unspecified atom stereocenters. The highest BCUT2D eigenvalue weighted by atomic mass is 16.2. The minimum atomic E-state index is -0.333. The molecule has 0 radical (unpaired) electrons. The number of nitrogens with one attached hydrogen (secondary N) is 2. The van der Waals surface area contributed by atoms with E-state index in [4.69, 9.17) is 0 Å². The van der Waals surface area contributed by atoms with E-state index in [0.29, 0.717) is 23.4 Å². The van der Waals surface area contributed by atoms with Crippen molar-refractivity contribution in [3.05, 3.63) is 65.2 Å². The molecule has 0 saturated carbocycles. The van der Waals surface area contributed by atoms with Crippen molar-refractivity contribution in [1.82, 2.24) is 10.2 Å². The van der Waals surface area contributed by atoms with Gasteiger partial charge in [-0.1, -0.05) is 30.3 Å². The molecule has 0 atom stereocenters. The van der Waals surface area contributed by atoms with E-state index in [-0.39, 0.29) is 23.9 Å². The molecule has 1 heterocycles. The second-order valence-electron chi connectivity index (χ2n) is 6.80. The molecule has 0 bridgehead atoms. The van der Waals surface area contributed by atoms with Crippen LogP contribution >= 0.6 is 0 Å². The molecule has 0 spiro atoms. The lowest BCUT2D eigenvalue weighted by Gasteiger charge is -2.17. The lowest BCUT2D eigenvalue weighted by atomic mass is 10.1. The quantitative estimate of drug-likeness (QED) is 0.608. The molecule has 6 heteroatoms. The lowest BCUT2D eigenvalue weighted by Crippen LogP contribution is -2.35. The van der Waals surface area contributed by atoms with Crippen molar-refractivity contribution in [2.75, 3.05) is 11.9 Å². The van der Waals surface area contributed by atoms with Gasteiger partial charge in [0.1, 0.15) is 0 Å².